The highest BCUT2D eigenvalue weighted by Gasteiger charge is 2.11. The molecular weight excluding hydrogens is 305 g/mol. The molecule has 1 aromatic rings. The van der Waals surface area contributed by atoms with E-state index in [-0.39, 0.29) is 12.0 Å². The summed E-state index contributed by atoms with van der Waals surface area (Å²) in [5.74, 6) is -1.94. The predicted molar refractivity (Wildman–Crippen MR) is 67.9 cm³/mol. The third kappa shape index (κ3) is 4.83. The number of carboxylic acid groups (broad SMARTS) is 1. The highest BCUT2D eigenvalue weighted by molar-refractivity contribution is 9.10. The van der Waals surface area contributed by atoms with Gasteiger partial charge in [0, 0.05) is 17.4 Å². The molecule has 0 spiro atoms. The minimum atomic E-state index is -0.862. The first-order valence-corrected chi connectivity index (χ1v) is 6.25. The Morgan fingerprint density at radius 3 is 2.72 bits per heavy atom. The zero-order chi connectivity index (χ0) is 13.5. The zero-order valence-corrected chi connectivity index (χ0v) is 11.2. The van der Waals surface area contributed by atoms with E-state index in [9.17, 15) is 14.0 Å². The Kier molecular flexibility index (Phi) is 5.77. The fraction of sp³-hybridized carbons (Fsp3) is 0.333. The highest BCUT2D eigenvalue weighted by Crippen LogP contribution is 2.15. The van der Waals surface area contributed by atoms with E-state index in [2.05, 4.69) is 21.2 Å². The Hall–Kier alpha value is -1.43. The van der Waals surface area contributed by atoms with Gasteiger partial charge in [-0.15, -0.1) is 0 Å². The minimum absolute atomic E-state index is 0.0254. The van der Waals surface area contributed by atoms with Crippen LogP contribution >= 0.6 is 15.9 Å². The van der Waals surface area contributed by atoms with Crippen LogP contribution in [0.15, 0.2) is 22.7 Å². The lowest BCUT2D eigenvalue weighted by atomic mass is 10.2. The predicted octanol–water partition coefficient (Wildman–Crippen LogP) is 2.57. The van der Waals surface area contributed by atoms with Crippen LogP contribution in [0.25, 0.3) is 0 Å². The second kappa shape index (κ2) is 7.10. The third-order valence-electron chi connectivity index (χ3n) is 2.28. The summed E-state index contributed by atoms with van der Waals surface area (Å²) in [6, 6.07) is 4.13. The SMILES string of the molecule is O=C(O)CCCCNC(=O)c1cc(Br)ccc1F. The number of hydrogen-bond acceptors (Lipinski definition) is 2. The molecule has 1 amide bonds. The Labute approximate surface area is 112 Å². The molecule has 0 fully saturated rings. The topological polar surface area (TPSA) is 66.4 Å². The van der Waals surface area contributed by atoms with E-state index in [4.69, 9.17) is 5.11 Å². The van der Waals surface area contributed by atoms with Gasteiger partial charge < -0.3 is 10.4 Å². The van der Waals surface area contributed by atoms with Crippen LogP contribution in [0.2, 0.25) is 0 Å². The molecular formula is C12H13BrFNO3. The molecule has 6 heteroatoms. The van der Waals surface area contributed by atoms with Crippen molar-refractivity contribution in [1.29, 1.82) is 0 Å². The maximum atomic E-state index is 13.3. The van der Waals surface area contributed by atoms with Crippen molar-refractivity contribution < 1.29 is 19.1 Å². The minimum Gasteiger partial charge on any atom is -0.481 e. The molecule has 18 heavy (non-hydrogen) atoms. The molecule has 0 unspecified atom stereocenters. The molecule has 4 nitrogen and oxygen atoms in total. The average molecular weight is 318 g/mol. The van der Waals surface area contributed by atoms with Gasteiger partial charge in [-0.1, -0.05) is 15.9 Å². The first-order valence-electron chi connectivity index (χ1n) is 5.45. The highest BCUT2D eigenvalue weighted by atomic mass is 79.9. The van der Waals surface area contributed by atoms with Crippen LogP contribution < -0.4 is 5.32 Å². The molecule has 98 valence electrons. The van der Waals surface area contributed by atoms with Crippen molar-refractivity contribution in [3.63, 3.8) is 0 Å². The number of nitrogens with one attached hydrogen (secondary N) is 1. The monoisotopic (exact) mass is 317 g/mol. The van der Waals surface area contributed by atoms with Crippen molar-refractivity contribution in [3.8, 4) is 0 Å². The van der Waals surface area contributed by atoms with Gasteiger partial charge >= 0.3 is 5.97 Å². The van der Waals surface area contributed by atoms with E-state index < -0.39 is 17.7 Å². The van der Waals surface area contributed by atoms with Crippen molar-refractivity contribution in [1.82, 2.24) is 5.32 Å². The molecule has 0 saturated heterocycles. The van der Waals surface area contributed by atoms with Gasteiger partial charge in [-0.05, 0) is 31.0 Å². The Morgan fingerprint density at radius 1 is 1.33 bits per heavy atom. The van der Waals surface area contributed by atoms with Crippen LogP contribution in [-0.2, 0) is 4.79 Å². The lowest BCUT2D eigenvalue weighted by molar-refractivity contribution is -0.137. The molecule has 0 heterocycles. The van der Waals surface area contributed by atoms with Crippen molar-refractivity contribution in [2.45, 2.75) is 19.3 Å². The molecule has 0 radical (unpaired) electrons. The molecule has 0 aliphatic carbocycles. The third-order valence-corrected chi connectivity index (χ3v) is 2.77. The number of carbonyl (C=O) groups is 2. The van der Waals surface area contributed by atoms with E-state index in [0.29, 0.717) is 23.9 Å². The van der Waals surface area contributed by atoms with E-state index in [1.54, 1.807) is 0 Å². The summed E-state index contributed by atoms with van der Waals surface area (Å²) < 4.78 is 14.0. The first kappa shape index (κ1) is 14.6. The van der Waals surface area contributed by atoms with Gasteiger partial charge in [-0.25, -0.2) is 4.39 Å². The number of hydrogen-bond donors (Lipinski definition) is 2. The average Bonchev–Trinajstić information content (AvgIpc) is 2.31. The zero-order valence-electron chi connectivity index (χ0n) is 9.58. The normalized spacial score (nSPS) is 10.1. The van der Waals surface area contributed by atoms with E-state index in [1.807, 2.05) is 0 Å². The number of benzene rings is 1. The van der Waals surface area contributed by atoms with Gasteiger partial charge in [-0.3, -0.25) is 9.59 Å². The standard InChI is InChI=1S/C12H13BrFNO3/c13-8-4-5-10(14)9(7-8)12(18)15-6-2-1-3-11(16)17/h4-5,7H,1-3,6H2,(H,15,18)(H,16,17). The molecule has 0 aliphatic heterocycles. The van der Waals surface area contributed by atoms with Crippen LogP contribution in [-0.4, -0.2) is 23.5 Å². The molecule has 1 rings (SSSR count). The molecule has 0 aromatic heterocycles. The van der Waals surface area contributed by atoms with E-state index >= 15 is 0 Å². The Bertz CT molecular complexity index is 451. The summed E-state index contributed by atoms with van der Waals surface area (Å²) >= 11 is 3.16. The van der Waals surface area contributed by atoms with Crippen molar-refractivity contribution in [2.24, 2.45) is 0 Å². The molecule has 0 bridgehead atoms. The van der Waals surface area contributed by atoms with Crippen molar-refractivity contribution in [3.05, 3.63) is 34.1 Å². The van der Waals surface area contributed by atoms with Gasteiger partial charge in [0.15, 0.2) is 0 Å². The summed E-state index contributed by atoms with van der Waals surface area (Å²) in [4.78, 5) is 21.9. The van der Waals surface area contributed by atoms with Crippen LogP contribution in [0.3, 0.4) is 0 Å². The molecule has 1 aromatic carbocycles. The Morgan fingerprint density at radius 2 is 2.06 bits per heavy atom. The van der Waals surface area contributed by atoms with Crippen LogP contribution in [0.5, 0.6) is 0 Å². The number of rotatable bonds is 6. The van der Waals surface area contributed by atoms with Crippen LogP contribution in [0.1, 0.15) is 29.6 Å². The summed E-state index contributed by atoms with van der Waals surface area (Å²) in [6.07, 6.45) is 1.10. The fourth-order valence-corrected chi connectivity index (χ4v) is 1.73. The van der Waals surface area contributed by atoms with Gasteiger partial charge in [0.1, 0.15) is 5.82 Å². The van der Waals surface area contributed by atoms with Gasteiger partial charge in [0.2, 0.25) is 0 Å². The number of halogens is 2. The van der Waals surface area contributed by atoms with Gasteiger partial charge in [-0.2, -0.15) is 0 Å². The number of unbranched alkanes of at least 4 members (excludes halogenated alkanes) is 1. The lowest BCUT2D eigenvalue weighted by Crippen LogP contribution is -2.25. The van der Waals surface area contributed by atoms with Crippen molar-refractivity contribution >= 4 is 27.8 Å². The van der Waals surface area contributed by atoms with Gasteiger partial charge in [0.05, 0.1) is 5.56 Å². The smallest absolute Gasteiger partial charge is 0.303 e. The number of carbonyl (C=O) groups excluding carboxylic acids is 1. The van der Waals surface area contributed by atoms with Crippen molar-refractivity contribution in [2.75, 3.05) is 6.54 Å². The largest absolute Gasteiger partial charge is 0.481 e. The van der Waals surface area contributed by atoms with Crippen LogP contribution in [0, 0.1) is 5.82 Å². The number of carboxylic acids is 1. The summed E-state index contributed by atoms with van der Waals surface area (Å²) in [5.41, 5.74) is -0.0254. The summed E-state index contributed by atoms with van der Waals surface area (Å²) in [6.45, 7) is 0.331. The number of amides is 1. The summed E-state index contributed by atoms with van der Waals surface area (Å²) in [7, 11) is 0. The van der Waals surface area contributed by atoms with Crippen LogP contribution in [0.4, 0.5) is 4.39 Å². The molecule has 0 aliphatic rings. The second-order valence-electron chi connectivity index (χ2n) is 3.73. The maximum Gasteiger partial charge on any atom is 0.303 e. The number of aliphatic carboxylic acids is 1. The molecule has 2 N–H and O–H groups in total. The second-order valence-corrected chi connectivity index (χ2v) is 4.65. The fourth-order valence-electron chi connectivity index (χ4n) is 1.37. The molecule has 0 saturated carbocycles. The van der Waals surface area contributed by atoms with E-state index in [1.165, 1.54) is 18.2 Å². The molecule has 0 atom stereocenters. The first-order chi connectivity index (χ1) is 8.50. The Balaban J connectivity index is 2.41. The van der Waals surface area contributed by atoms with E-state index in [0.717, 1.165) is 0 Å². The quantitative estimate of drug-likeness (QED) is 0.792. The summed E-state index contributed by atoms with van der Waals surface area (Å²) in [5, 5.41) is 11.0. The van der Waals surface area contributed by atoms with Gasteiger partial charge in [0.25, 0.3) is 5.91 Å². The maximum absolute atomic E-state index is 13.3. The lowest BCUT2D eigenvalue weighted by Gasteiger charge is -2.06.